The van der Waals surface area contributed by atoms with E-state index in [9.17, 15) is 0 Å². The summed E-state index contributed by atoms with van der Waals surface area (Å²) in [6.45, 7) is 10.1. The first-order valence-corrected chi connectivity index (χ1v) is 8.89. The first-order valence-electron chi connectivity index (χ1n) is 8.89. The van der Waals surface area contributed by atoms with Crippen LogP contribution >= 0.6 is 0 Å². The van der Waals surface area contributed by atoms with Gasteiger partial charge in [-0.2, -0.15) is 0 Å². The quantitative estimate of drug-likeness (QED) is 0.842. The average molecular weight is 279 g/mol. The molecule has 0 spiro atoms. The van der Waals surface area contributed by atoms with Crippen molar-refractivity contribution in [1.29, 1.82) is 0 Å². The number of hydrogen-bond acceptors (Lipinski definition) is 3. The summed E-state index contributed by atoms with van der Waals surface area (Å²) in [6.07, 6.45) is 8.11. The summed E-state index contributed by atoms with van der Waals surface area (Å²) >= 11 is 0. The molecule has 0 aromatic rings. The van der Waals surface area contributed by atoms with Gasteiger partial charge < -0.3 is 5.73 Å². The van der Waals surface area contributed by atoms with Crippen LogP contribution in [-0.2, 0) is 0 Å². The third-order valence-corrected chi connectivity index (χ3v) is 6.19. The van der Waals surface area contributed by atoms with Crippen molar-refractivity contribution in [3.8, 4) is 0 Å². The molecule has 0 radical (unpaired) electrons. The number of likely N-dealkylation sites (tertiary alicyclic amines) is 2. The number of rotatable bonds is 2. The van der Waals surface area contributed by atoms with Gasteiger partial charge in [0.25, 0.3) is 0 Å². The Kier molecular flexibility index (Phi) is 4.68. The fourth-order valence-corrected chi connectivity index (χ4v) is 5.01. The van der Waals surface area contributed by atoms with E-state index >= 15 is 0 Å². The second-order valence-electron chi connectivity index (χ2n) is 7.69. The van der Waals surface area contributed by atoms with Gasteiger partial charge >= 0.3 is 0 Å². The molecule has 0 aromatic heterocycles. The molecule has 2 aliphatic heterocycles. The topological polar surface area (TPSA) is 32.5 Å². The Labute approximate surface area is 124 Å². The van der Waals surface area contributed by atoms with Crippen molar-refractivity contribution in [1.82, 2.24) is 9.80 Å². The molecule has 0 amide bonds. The molecule has 1 saturated carbocycles. The Morgan fingerprint density at radius 3 is 2.05 bits per heavy atom. The predicted octanol–water partition coefficient (Wildman–Crippen LogP) is 2.31. The molecule has 0 aromatic carbocycles. The molecule has 3 heteroatoms. The molecule has 116 valence electrons. The summed E-state index contributed by atoms with van der Waals surface area (Å²) in [5.41, 5.74) is 6.04. The highest BCUT2D eigenvalue weighted by Gasteiger charge is 2.38. The van der Waals surface area contributed by atoms with Crippen LogP contribution in [-0.4, -0.2) is 54.1 Å². The van der Waals surface area contributed by atoms with Gasteiger partial charge in [0.2, 0.25) is 0 Å². The fraction of sp³-hybridized carbons (Fsp3) is 1.00. The van der Waals surface area contributed by atoms with E-state index in [4.69, 9.17) is 5.73 Å². The third-order valence-electron chi connectivity index (χ3n) is 6.19. The highest BCUT2D eigenvalue weighted by Crippen LogP contribution is 2.35. The molecule has 2 saturated heterocycles. The standard InChI is InChI=1S/C17H33N3/c1-13-4-3-5-14(2)17(13)20-11-8-16(12-20)19-9-6-15(18)7-10-19/h13-17H,3-12,18H2,1-2H3. The van der Waals surface area contributed by atoms with Crippen molar-refractivity contribution in [2.24, 2.45) is 17.6 Å². The SMILES string of the molecule is CC1CCCC(C)C1N1CCC(N2CCC(N)CC2)C1. The maximum absolute atomic E-state index is 6.04. The van der Waals surface area contributed by atoms with Gasteiger partial charge in [0.1, 0.15) is 0 Å². The molecule has 3 aliphatic rings. The number of nitrogens with two attached hydrogens (primary N) is 1. The zero-order valence-corrected chi connectivity index (χ0v) is 13.4. The summed E-state index contributed by atoms with van der Waals surface area (Å²) in [7, 11) is 0. The summed E-state index contributed by atoms with van der Waals surface area (Å²) in [4.78, 5) is 5.55. The number of piperidine rings is 1. The highest BCUT2D eigenvalue weighted by atomic mass is 15.3. The molecule has 3 atom stereocenters. The largest absolute Gasteiger partial charge is 0.328 e. The smallest absolute Gasteiger partial charge is 0.0235 e. The third kappa shape index (κ3) is 3.05. The maximum atomic E-state index is 6.04. The van der Waals surface area contributed by atoms with Crippen LogP contribution in [0, 0.1) is 11.8 Å². The lowest BCUT2D eigenvalue weighted by Crippen LogP contribution is -2.49. The lowest BCUT2D eigenvalue weighted by Gasteiger charge is -2.41. The Morgan fingerprint density at radius 1 is 0.800 bits per heavy atom. The zero-order chi connectivity index (χ0) is 14.1. The van der Waals surface area contributed by atoms with Gasteiger partial charge in [-0.15, -0.1) is 0 Å². The van der Waals surface area contributed by atoms with Crippen LogP contribution in [0.3, 0.4) is 0 Å². The molecule has 2 heterocycles. The van der Waals surface area contributed by atoms with E-state index in [0.717, 1.165) is 23.9 Å². The van der Waals surface area contributed by atoms with E-state index in [0.29, 0.717) is 6.04 Å². The van der Waals surface area contributed by atoms with Crippen molar-refractivity contribution in [3.63, 3.8) is 0 Å². The monoisotopic (exact) mass is 279 g/mol. The molecule has 3 fully saturated rings. The van der Waals surface area contributed by atoms with Crippen molar-refractivity contribution in [2.45, 2.75) is 70.5 Å². The predicted molar refractivity (Wildman–Crippen MR) is 84.7 cm³/mol. The first kappa shape index (κ1) is 14.8. The van der Waals surface area contributed by atoms with Crippen LogP contribution in [0.2, 0.25) is 0 Å². The van der Waals surface area contributed by atoms with E-state index in [-0.39, 0.29) is 0 Å². The maximum Gasteiger partial charge on any atom is 0.0235 e. The number of nitrogens with zero attached hydrogens (tertiary/aromatic N) is 2. The molecule has 2 N–H and O–H groups in total. The molecular formula is C17H33N3. The molecule has 20 heavy (non-hydrogen) atoms. The molecular weight excluding hydrogens is 246 g/mol. The van der Waals surface area contributed by atoms with E-state index in [2.05, 4.69) is 23.6 Å². The van der Waals surface area contributed by atoms with Crippen molar-refractivity contribution >= 4 is 0 Å². The van der Waals surface area contributed by atoms with Crippen LogP contribution in [0.4, 0.5) is 0 Å². The van der Waals surface area contributed by atoms with E-state index in [1.165, 1.54) is 64.7 Å². The normalized spacial score (nSPS) is 42.1. The van der Waals surface area contributed by atoms with Crippen LogP contribution < -0.4 is 5.73 Å². The number of hydrogen-bond donors (Lipinski definition) is 1. The lowest BCUT2D eigenvalue weighted by molar-refractivity contribution is 0.0769. The van der Waals surface area contributed by atoms with Gasteiger partial charge in [-0.1, -0.05) is 20.3 Å². The average Bonchev–Trinajstić information content (AvgIpc) is 2.89. The molecule has 1 aliphatic carbocycles. The van der Waals surface area contributed by atoms with Gasteiger partial charge in [0.15, 0.2) is 0 Å². The minimum absolute atomic E-state index is 0.460. The van der Waals surface area contributed by atoms with Gasteiger partial charge in [-0.3, -0.25) is 9.80 Å². The second kappa shape index (κ2) is 6.33. The highest BCUT2D eigenvalue weighted by molar-refractivity contribution is 4.93. The summed E-state index contributed by atoms with van der Waals surface area (Å²) in [6, 6.07) is 2.12. The van der Waals surface area contributed by atoms with E-state index in [1.807, 2.05) is 0 Å². The Morgan fingerprint density at radius 2 is 1.40 bits per heavy atom. The summed E-state index contributed by atoms with van der Waals surface area (Å²) in [5, 5.41) is 0. The Bertz CT molecular complexity index is 301. The van der Waals surface area contributed by atoms with E-state index < -0.39 is 0 Å². The van der Waals surface area contributed by atoms with Gasteiger partial charge in [0, 0.05) is 31.2 Å². The van der Waals surface area contributed by atoms with Crippen molar-refractivity contribution in [2.75, 3.05) is 26.2 Å². The van der Waals surface area contributed by atoms with Crippen LogP contribution in [0.15, 0.2) is 0 Å². The van der Waals surface area contributed by atoms with Gasteiger partial charge in [-0.05, 0) is 57.0 Å². The van der Waals surface area contributed by atoms with Gasteiger partial charge in [-0.25, -0.2) is 0 Å². The Balaban J connectivity index is 1.56. The molecule has 3 nitrogen and oxygen atoms in total. The zero-order valence-electron chi connectivity index (χ0n) is 13.4. The van der Waals surface area contributed by atoms with Crippen LogP contribution in [0.25, 0.3) is 0 Å². The molecule has 3 unspecified atom stereocenters. The second-order valence-corrected chi connectivity index (χ2v) is 7.69. The van der Waals surface area contributed by atoms with Gasteiger partial charge in [0.05, 0.1) is 0 Å². The summed E-state index contributed by atoms with van der Waals surface area (Å²) < 4.78 is 0. The van der Waals surface area contributed by atoms with Crippen LogP contribution in [0.5, 0.6) is 0 Å². The minimum Gasteiger partial charge on any atom is -0.328 e. The Hall–Kier alpha value is -0.120. The van der Waals surface area contributed by atoms with E-state index in [1.54, 1.807) is 0 Å². The first-order chi connectivity index (χ1) is 9.65. The summed E-state index contributed by atoms with van der Waals surface area (Å²) in [5.74, 6) is 1.79. The van der Waals surface area contributed by atoms with Crippen molar-refractivity contribution < 1.29 is 0 Å². The fourth-order valence-electron chi connectivity index (χ4n) is 5.01. The lowest BCUT2D eigenvalue weighted by atomic mass is 9.78. The van der Waals surface area contributed by atoms with Crippen LogP contribution in [0.1, 0.15) is 52.4 Å². The molecule has 3 rings (SSSR count). The van der Waals surface area contributed by atoms with Crippen molar-refractivity contribution in [3.05, 3.63) is 0 Å². The minimum atomic E-state index is 0.460. The molecule has 0 bridgehead atoms.